The van der Waals surface area contributed by atoms with Crippen LogP contribution in [0.4, 0.5) is 0 Å². The van der Waals surface area contributed by atoms with Crippen LogP contribution in [0.2, 0.25) is 0 Å². The molecule has 0 spiro atoms. The van der Waals surface area contributed by atoms with Crippen LogP contribution in [0, 0.1) is 0 Å². The van der Waals surface area contributed by atoms with Gasteiger partial charge in [-0.1, -0.05) is 5.11 Å². The van der Waals surface area contributed by atoms with Gasteiger partial charge < -0.3 is 16.6 Å². The molecule has 0 saturated heterocycles. The molecule has 0 radical (unpaired) electrons. The summed E-state index contributed by atoms with van der Waals surface area (Å²) in [6.07, 6.45) is 0.644. The summed E-state index contributed by atoms with van der Waals surface area (Å²) in [5, 5.41) is 11.9. The fourth-order valence-electron chi connectivity index (χ4n) is 0.909. The third kappa shape index (κ3) is 4.66. The maximum absolute atomic E-state index is 10.6. The quantitative estimate of drug-likeness (QED) is 0.328. The van der Waals surface area contributed by atoms with Gasteiger partial charge in [0, 0.05) is 4.91 Å². The van der Waals surface area contributed by atoms with Gasteiger partial charge in [0.2, 0.25) is 0 Å². The normalized spacial score (nSPS) is 16.5. The standard InChI is InChI=1S/C7H15N5O2/c1-7(9,6(13)14)4-2-3-5(8)11-12-10/h5H,2-4,8-9H2,1H3,(H,13,14). The van der Waals surface area contributed by atoms with Crippen LogP contribution in [0.3, 0.4) is 0 Å². The summed E-state index contributed by atoms with van der Waals surface area (Å²) < 4.78 is 0. The summed E-state index contributed by atoms with van der Waals surface area (Å²) in [7, 11) is 0. The minimum Gasteiger partial charge on any atom is -0.480 e. The lowest BCUT2D eigenvalue weighted by molar-refractivity contribution is -0.142. The van der Waals surface area contributed by atoms with E-state index in [1.165, 1.54) is 6.92 Å². The Balaban J connectivity index is 3.84. The number of hydrogen-bond acceptors (Lipinski definition) is 4. The van der Waals surface area contributed by atoms with Crippen molar-refractivity contribution in [3.63, 3.8) is 0 Å². The molecule has 80 valence electrons. The van der Waals surface area contributed by atoms with E-state index in [1.807, 2.05) is 0 Å². The summed E-state index contributed by atoms with van der Waals surface area (Å²) in [5.74, 6) is -1.05. The third-order valence-electron chi connectivity index (χ3n) is 1.88. The van der Waals surface area contributed by atoms with Crippen LogP contribution in [-0.4, -0.2) is 22.8 Å². The van der Waals surface area contributed by atoms with Gasteiger partial charge in [-0.2, -0.15) is 0 Å². The first kappa shape index (κ1) is 12.7. The van der Waals surface area contributed by atoms with E-state index in [9.17, 15) is 4.79 Å². The minimum absolute atomic E-state index is 0.303. The molecule has 2 atom stereocenters. The Bertz CT molecular complexity index is 246. The number of carboxylic acids is 1. The zero-order valence-electron chi connectivity index (χ0n) is 8.05. The molecule has 0 aromatic carbocycles. The lowest BCUT2D eigenvalue weighted by Crippen LogP contribution is -2.44. The molecule has 14 heavy (non-hydrogen) atoms. The first-order chi connectivity index (χ1) is 6.40. The van der Waals surface area contributed by atoms with Gasteiger partial charge in [0.15, 0.2) is 0 Å². The van der Waals surface area contributed by atoms with Gasteiger partial charge >= 0.3 is 5.97 Å². The molecule has 0 aromatic heterocycles. The van der Waals surface area contributed by atoms with E-state index < -0.39 is 17.7 Å². The molecular formula is C7H15N5O2. The van der Waals surface area contributed by atoms with E-state index >= 15 is 0 Å². The number of azide groups is 1. The first-order valence-electron chi connectivity index (χ1n) is 4.22. The Hall–Kier alpha value is -1.30. The molecule has 0 bridgehead atoms. The molecule has 2 unspecified atom stereocenters. The summed E-state index contributed by atoms with van der Waals surface area (Å²) in [5.41, 5.74) is 17.7. The van der Waals surface area contributed by atoms with E-state index in [4.69, 9.17) is 22.1 Å². The maximum Gasteiger partial charge on any atom is 0.323 e. The Kier molecular flexibility index (Phi) is 4.93. The van der Waals surface area contributed by atoms with E-state index in [0.717, 1.165) is 0 Å². The predicted molar refractivity (Wildman–Crippen MR) is 51.2 cm³/mol. The van der Waals surface area contributed by atoms with Crippen molar-refractivity contribution in [1.82, 2.24) is 0 Å². The van der Waals surface area contributed by atoms with Crippen molar-refractivity contribution in [2.75, 3.05) is 0 Å². The minimum atomic E-state index is -1.24. The molecule has 0 aliphatic carbocycles. The van der Waals surface area contributed by atoms with Crippen molar-refractivity contribution < 1.29 is 9.90 Å². The van der Waals surface area contributed by atoms with E-state index in [2.05, 4.69) is 10.0 Å². The Morgan fingerprint density at radius 2 is 2.36 bits per heavy atom. The number of aliphatic carboxylic acids is 1. The molecule has 5 N–H and O–H groups in total. The van der Waals surface area contributed by atoms with Crippen LogP contribution < -0.4 is 11.5 Å². The van der Waals surface area contributed by atoms with Crippen LogP contribution in [0.1, 0.15) is 26.2 Å². The van der Waals surface area contributed by atoms with Gasteiger partial charge in [-0.25, -0.2) is 0 Å². The zero-order chi connectivity index (χ0) is 11.2. The average molecular weight is 201 g/mol. The third-order valence-corrected chi connectivity index (χ3v) is 1.88. The molecule has 0 rings (SSSR count). The van der Waals surface area contributed by atoms with Crippen LogP contribution >= 0.6 is 0 Å². The maximum atomic E-state index is 10.6. The number of nitrogens with zero attached hydrogens (tertiary/aromatic N) is 3. The highest BCUT2D eigenvalue weighted by Crippen LogP contribution is 2.11. The molecule has 0 fully saturated rings. The molecule has 0 amide bonds. The van der Waals surface area contributed by atoms with Gasteiger partial charge in [-0.05, 0) is 31.7 Å². The highest BCUT2D eigenvalue weighted by atomic mass is 16.4. The highest BCUT2D eigenvalue weighted by molar-refractivity contribution is 5.77. The topological polar surface area (TPSA) is 138 Å². The van der Waals surface area contributed by atoms with Crippen LogP contribution in [0.5, 0.6) is 0 Å². The second-order valence-corrected chi connectivity index (χ2v) is 3.39. The van der Waals surface area contributed by atoms with Gasteiger partial charge in [0.05, 0.1) is 6.17 Å². The lowest BCUT2D eigenvalue weighted by Gasteiger charge is -2.18. The van der Waals surface area contributed by atoms with Crippen molar-refractivity contribution >= 4 is 5.97 Å². The van der Waals surface area contributed by atoms with E-state index in [1.54, 1.807) is 0 Å². The molecular weight excluding hydrogens is 186 g/mol. The van der Waals surface area contributed by atoms with Crippen LogP contribution in [-0.2, 0) is 4.79 Å². The molecule has 0 aromatic rings. The molecule has 7 nitrogen and oxygen atoms in total. The highest BCUT2D eigenvalue weighted by Gasteiger charge is 2.26. The number of nitrogens with two attached hydrogens (primary N) is 2. The van der Waals surface area contributed by atoms with Crippen molar-refractivity contribution in [3.8, 4) is 0 Å². The SMILES string of the molecule is CC(N)(CCCC(N)N=[N+]=[N-])C(=O)O. The zero-order valence-corrected chi connectivity index (χ0v) is 8.05. The Labute approximate surface area is 81.7 Å². The van der Waals surface area contributed by atoms with E-state index in [-0.39, 0.29) is 0 Å². The van der Waals surface area contributed by atoms with Crippen LogP contribution in [0.15, 0.2) is 5.11 Å². The number of carbonyl (C=O) groups is 1. The predicted octanol–water partition coefficient (Wildman–Crippen LogP) is 0.554. The molecule has 7 heteroatoms. The summed E-state index contributed by atoms with van der Waals surface area (Å²) >= 11 is 0. The summed E-state index contributed by atoms with van der Waals surface area (Å²) in [6, 6.07) is 0. The van der Waals surface area contributed by atoms with Crippen molar-refractivity contribution in [2.24, 2.45) is 16.6 Å². The summed E-state index contributed by atoms with van der Waals surface area (Å²) in [6.45, 7) is 1.44. The van der Waals surface area contributed by atoms with E-state index in [0.29, 0.717) is 19.3 Å². The fourth-order valence-corrected chi connectivity index (χ4v) is 0.909. The number of rotatable bonds is 6. The first-order valence-corrected chi connectivity index (χ1v) is 4.22. The van der Waals surface area contributed by atoms with Crippen molar-refractivity contribution in [3.05, 3.63) is 10.4 Å². The second-order valence-electron chi connectivity index (χ2n) is 3.39. The largest absolute Gasteiger partial charge is 0.480 e. The smallest absolute Gasteiger partial charge is 0.323 e. The van der Waals surface area contributed by atoms with Gasteiger partial charge in [-0.3, -0.25) is 4.79 Å². The van der Waals surface area contributed by atoms with Gasteiger partial charge in [0.1, 0.15) is 5.54 Å². The fraction of sp³-hybridized carbons (Fsp3) is 0.857. The Morgan fingerprint density at radius 3 is 2.79 bits per heavy atom. The lowest BCUT2D eigenvalue weighted by atomic mass is 9.96. The van der Waals surface area contributed by atoms with Crippen LogP contribution in [0.25, 0.3) is 10.4 Å². The van der Waals surface area contributed by atoms with Gasteiger partial charge in [-0.15, -0.1) is 0 Å². The van der Waals surface area contributed by atoms with Crippen molar-refractivity contribution in [2.45, 2.75) is 37.9 Å². The number of hydrogen-bond donors (Lipinski definition) is 3. The Morgan fingerprint density at radius 1 is 1.79 bits per heavy atom. The monoisotopic (exact) mass is 201 g/mol. The summed E-state index contributed by atoms with van der Waals surface area (Å²) in [4.78, 5) is 13.1. The van der Waals surface area contributed by atoms with Crippen molar-refractivity contribution in [1.29, 1.82) is 0 Å². The molecule has 0 aliphatic rings. The average Bonchev–Trinajstić information content (AvgIpc) is 2.04. The second kappa shape index (κ2) is 5.43. The molecule has 0 aliphatic heterocycles. The number of carboxylic acid groups (broad SMARTS) is 1. The van der Waals surface area contributed by atoms with Gasteiger partial charge in [0.25, 0.3) is 0 Å². The molecule has 0 heterocycles. The molecule has 0 saturated carbocycles.